The second kappa shape index (κ2) is 3.08. The Bertz CT molecular complexity index is 387. The van der Waals surface area contributed by atoms with Crippen LogP contribution in [0.5, 0.6) is 0 Å². The third-order valence-corrected chi connectivity index (χ3v) is 4.15. The molecule has 3 fully saturated rings. The van der Waals surface area contributed by atoms with Crippen molar-refractivity contribution in [2.75, 3.05) is 11.4 Å². The molecular weight excluding hydrogens is 210 g/mol. The number of anilines is 1. The summed E-state index contributed by atoms with van der Waals surface area (Å²) in [6.45, 7) is 3.42. The van der Waals surface area contributed by atoms with E-state index in [4.69, 9.17) is 11.6 Å². The molecule has 80 valence electrons. The van der Waals surface area contributed by atoms with Crippen LogP contribution in [0.3, 0.4) is 0 Å². The van der Waals surface area contributed by atoms with Gasteiger partial charge in [0.1, 0.15) is 17.3 Å². The van der Waals surface area contributed by atoms with E-state index in [1.54, 1.807) is 6.33 Å². The molecule has 1 aromatic rings. The van der Waals surface area contributed by atoms with Crippen LogP contribution in [0.25, 0.3) is 0 Å². The molecule has 2 saturated heterocycles. The zero-order chi connectivity index (χ0) is 10.5. The van der Waals surface area contributed by atoms with Crippen LogP contribution in [0, 0.1) is 5.41 Å². The normalized spacial score (nSPS) is 32.9. The summed E-state index contributed by atoms with van der Waals surface area (Å²) in [6.07, 6.45) is 5.47. The smallest absolute Gasteiger partial charge is 0.134 e. The van der Waals surface area contributed by atoms with Gasteiger partial charge < -0.3 is 4.90 Å². The Morgan fingerprint density at radius 1 is 1.53 bits per heavy atom. The Balaban J connectivity index is 1.86. The molecule has 3 heterocycles. The van der Waals surface area contributed by atoms with Crippen LogP contribution in [0.4, 0.5) is 5.82 Å². The molecule has 0 N–H and O–H groups in total. The van der Waals surface area contributed by atoms with Crippen molar-refractivity contribution >= 4 is 17.4 Å². The molecule has 2 aliphatic heterocycles. The minimum atomic E-state index is 0.537. The Morgan fingerprint density at radius 2 is 2.33 bits per heavy atom. The number of hydrogen-bond acceptors (Lipinski definition) is 3. The van der Waals surface area contributed by atoms with Crippen LogP contribution in [0.1, 0.15) is 26.2 Å². The Morgan fingerprint density at radius 3 is 2.93 bits per heavy atom. The van der Waals surface area contributed by atoms with Crippen LogP contribution in [0.15, 0.2) is 12.4 Å². The van der Waals surface area contributed by atoms with E-state index < -0.39 is 0 Å². The van der Waals surface area contributed by atoms with E-state index in [1.807, 2.05) is 6.07 Å². The molecule has 4 heteroatoms. The molecule has 3 nitrogen and oxygen atoms in total. The maximum Gasteiger partial charge on any atom is 0.134 e. The topological polar surface area (TPSA) is 29.0 Å². The van der Waals surface area contributed by atoms with Crippen molar-refractivity contribution in [1.82, 2.24) is 9.97 Å². The summed E-state index contributed by atoms with van der Waals surface area (Å²) >= 11 is 5.88. The number of fused-ring (bicyclic) bond motifs is 1. The van der Waals surface area contributed by atoms with Gasteiger partial charge in [0.05, 0.1) is 0 Å². The second-order valence-electron chi connectivity index (χ2n) is 4.74. The third-order valence-electron chi connectivity index (χ3n) is 3.95. The van der Waals surface area contributed by atoms with Crippen molar-refractivity contribution in [1.29, 1.82) is 0 Å². The summed E-state index contributed by atoms with van der Waals surface area (Å²) in [4.78, 5) is 10.6. The number of hydrogen-bond donors (Lipinski definition) is 0. The predicted molar refractivity (Wildman–Crippen MR) is 60.1 cm³/mol. The highest BCUT2D eigenvalue weighted by molar-refractivity contribution is 6.29. The minimum absolute atomic E-state index is 0.537. The van der Waals surface area contributed by atoms with E-state index in [9.17, 15) is 0 Å². The van der Waals surface area contributed by atoms with Gasteiger partial charge in [-0.1, -0.05) is 18.5 Å². The van der Waals surface area contributed by atoms with E-state index >= 15 is 0 Å². The van der Waals surface area contributed by atoms with E-state index in [2.05, 4.69) is 21.8 Å². The molecule has 0 unspecified atom stereocenters. The maximum absolute atomic E-state index is 5.88. The molecule has 0 radical (unpaired) electrons. The number of halogens is 1. The van der Waals surface area contributed by atoms with Gasteiger partial charge in [-0.15, -0.1) is 0 Å². The molecule has 3 aliphatic rings. The Hall–Kier alpha value is -0.830. The zero-order valence-electron chi connectivity index (χ0n) is 8.78. The quantitative estimate of drug-likeness (QED) is 0.722. The van der Waals surface area contributed by atoms with Crippen LogP contribution in [-0.4, -0.2) is 22.6 Å². The lowest BCUT2D eigenvalue weighted by atomic mass is 9.68. The molecule has 1 aromatic heterocycles. The molecule has 0 atom stereocenters. The molecule has 0 amide bonds. The first-order chi connectivity index (χ1) is 7.22. The van der Waals surface area contributed by atoms with Crippen molar-refractivity contribution in [2.45, 2.75) is 32.2 Å². The van der Waals surface area contributed by atoms with E-state index in [1.165, 1.54) is 19.3 Å². The fraction of sp³-hybridized carbons (Fsp3) is 0.636. The van der Waals surface area contributed by atoms with Crippen molar-refractivity contribution in [3.05, 3.63) is 17.5 Å². The summed E-state index contributed by atoms with van der Waals surface area (Å²) in [5.41, 5.74) is 0.572. The lowest BCUT2D eigenvalue weighted by molar-refractivity contribution is 0.191. The molecule has 1 saturated carbocycles. The molecule has 15 heavy (non-hydrogen) atoms. The Kier molecular flexibility index (Phi) is 1.93. The minimum Gasteiger partial charge on any atom is -0.353 e. The SMILES string of the molecule is CCC12CC(C1)N(c1cc(Cl)ncn1)C2. The van der Waals surface area contributed by atoms with Crippen LogP contribution in [0.2, 0.25) is 5.15 Å². The van der Waals surface area contributed by atoms with Crippen molar-refractivity contribution in [3.63, 3.8) is 0 Å². The largest absolute Gasteiger partial charge is 0.353 e. The lowest BCUT2D eigenvalue weighted by Gasteiger charge is -2.35. The van der Waals surface area contributed by atoms with Crippen LogP contribution in [-0.2, 0) is 0 Å². The predicted octanol–water partition coefficient (Wildman–Crippen LogP) is 2.51. The van der Waals surface area contributed by atoms with Gasteiger partial charge in [-0.25, -0.2) is 9.97 Å². The highest BCUT2D eigenvalue weighted by Gasteiger charge is 2.54. The summed E-state index contributed by atoms with van der Waals surface area (Å²) in [6, 6.07) is 2.56. The van der Waals surface area contributed by atoms with E-state index in [-0.39, 0.29) is 0 Å². The van der Waals surface area contributed by atoms with Crippen molar-refractivity contribution < 1.29 is 0 Å². The molecule has 1 aliphatic carbocycles. The highest BCUT2D eigenvalue weighted by Crippen LogP contribution is 2.54. The molecular formula is C11H14ClN3. The summed E-state index contributed by atoms with van der Waals surface area (Å²) in [7, 11) is 0. The zero-order valence-corrected chi connectivity index (χ0v) is 9.54. The first-order valence-corrected chi connectivity index (χ1v) is 5.84. The van der Waals surface area contributed by atoms with Gasteiger partial charge in [0.2, 0.25) is 0 Å². The number of rotatable bonds is 2. The molecule has 0 aromatic carbocycles. The summed E-state index contributed by atoms with van der Waals surface area (Å²) in [5, 5.41) is 0.537. The van der Waals surface area contributed by atoms with Crippen LogP contribution >= 0.6 is 11.6 Å². The fourth-order valence-electron chi connectivity index (χ4n) is 2.93. The van der Waals surface area contributed by atoms with Gasteiger partial charge in [-0.2, -0.15) is 0 Å². The standard InChI is InChI=1S/C11H14ClN3/c1-2-11-4-8(5-11)15(6-11)10-3-9(12)13-7-14-10/h3,7-8H,2,4-6H2,1H3. The van der Waals surface area contributed by atoms with Crippen LogP contribution < -0.4 is 4.90 Å². The second-order valence-corrected chi connectivity index (χ2v) is 5.13. The monoisotopic (exact) mass is 223 g/mol. The average molecular weight is 224 g/mol. The fourth-order valence-corrected chi connectivity index (χ4v) is 3.07. The number of nitrogens with zero attached hydrogens (tertiary/aromatic N) is 3. The molecule has 0 spiro atoms. The third kappa shape index (κ3) is 1.33. The van der Waals surface area contributed by atoms with Gasteiger partial charge in [0.15, 0.2) is 0 Å². The van der Waals surface area contributed by atoms with E-state index in [0.717, 1.165) is 12.4 Å². The first kappa shape index (κ1) is 9.40. The Labute approximate surface area is 94.5 Å². The summed E-state index contributed by atoms with van der Waals surface area (Å²) in [5.74, 6) is 0.993. The maximum atomic E-state index is 5.88. The lowest BCUT2D eigenvalue weighted by Crippen LogP contribution is -2.34. The van der Waals surface area contributed by atoms with E-state index in [0.29, 0.717) is 16.6 Å². The van der Waals surface area contributed by atoms with Gasteiger partial charge >= 0.3 is 0 Å². The molecule has 4 rings (SSSR count). The van der Waals surface area contributed by atoms with Crippen molar-refractivity contribution in [2.24, 2.45) is 5.41 Å². The van der Waals surface area contributed by atoms with Gasteiger partial charge in [0, 0.05) is 18.7 Å². The van der Waals surface area contributed by atoms with Gasteiger partial charge in [-0.05, 0) is 24.7 Å². The average Bonchev–Trinajstić information content (AvgIpc) is 2.71. The number of aromatic nitrogens is 2. The highest BCUT2D eigenvalue weighted by atomic mass is 35.5. The summed E-state index contributed by atoms with van der Waals surface area (Å²) < 4.78 is 0. The first-order valence-electron chi connectivity index (χ1n) is 5.47. The van der Waals surface area contributed by atoms with Gasteiger partial charge in [0.25, 0.3) is 0 Å². The molecule has 2 bridgehead atoms. The van der Waals surface area contributed by atoms with Gasteiger partial charge in [-0.3, -0.25) is 0 Å². The van der Waals surface area contributed by atoms with Crippen molar-refractivity contribution in [3.8, 4) is 0 Å².